The molecule has 0 saturated heterocycles. The third-order valence-electron chi connectivity index (χ3n) is 5.77. The van der Waals surface area contributed by atoms with Crippen molar-refractivity contribution in [2.75, 3.05) is 6.54 Å². The van der Waals surface area contributed by atoms with E-state index < -0.39 is 0 Å². The summed E-state index contributed by atoms with van der Waals surface area (Å²) in [6.45, 7) is 1.51. The van der Waals surface area contributed by atoms with Crippen molar-refractivity contribution >= 4 is 6.08 Å². The summed E-state index contributed by atoms with van der Waals surface area (Å²) in [6.07, 6.45) is 29.0. The van der Waals surface area contributed by atoms with Gasteiger partial charge < -0.3 is 5.73 Å². The maximum Gasteiger partial charge on any atom is 0.169 e. The molecule has 27 heavy (non-hydrogen) atoms. The van der Waals surface area contributed by atoms with Crippen LogP contribution in [0.1, 0.15) is 5.56 Å². The molecule has 0 spiro atoms. The second kappa shape index (κ2) is 6.64. The lowest BCUT2D eigenvalue weighted by Crippen LogP contribution is -2.36. The Morgan fingerprint density at radius 1 is 0.852 bits per heavy atom. The van der Waals surface area contributed by atoms with Crippen LogP contribution in [0.3, 0.4) is 0 Å². The smallest absolute Gasteiger partial charge is 0.169 e. The normalized spacial score (nSPS) is 24.7. The van der Waals surface area contributed by atoms with E-state index in [4.69, 9.17) is 5.73 Å². The van der Waals surface area contributed by atoms with Gasteiger partial charge in [-0.15, -0.1) is 0 Å². The zero-order valence-corrected chi connectivity index (χ0v) is 15.3. The van der Waals surface area contributed by atoms with Gasteiger partial charge in [-0.2, -0.15) is 0 Å². The number of hydrogen-bond acceptors (Lipinski definition) is 1. The number of allylic oxidation sites excluding steroid dienone is 15. The van der Waals surface area contributed by atoms with E-state index in [1.54, 1.807) is 0 Å². The van der Waals surface area contributed by atoms with Gasteiger partial charge in [-0.25, -0.2) is 4.57 Å². The Kier molecular flexibility index (Phi) is 3.99. The molecular formula is C25H23N2+. The van der Waals surface area contributed by atoms with Crippen LogP contribution in [-0.2, 0) is 6.54 Å². The van der Waals surface area contributed by atoms with Crippen molar-refractivity contribution in [3.05, 3.63) is 119 Å². The van der Waals surface area contributed by atoms with Crippen molar-refractivity contribution in [2.24, 2.45) is 17.6 Å². The van der Waals surface area contributed by atoms with E-state index in [0.29, 0.717) is 18.4 Å². The minimum absolute atomic E-state index is 0.443. The van der Waals surface area contributed by atoms with Crippen LogP contribution in [0, 0.1) is 11.8 Å². The van der Waals surface area contributed by atoms with E-state index in [9.17, 15) is 0 Å². The summed E-state index contributed by atoms with van der Waals surface area (Å²) < 4.78 is 2.11. The van der Waals surface area contributed by atoms with Crippen molar-refractivity contribution in [1.29, 1.82) is 0 Å². The summed E-state index contributed by atoms with van der Waals surface area (Å²) >= 11 is 0. The molecule has 2 unspecified atom stereocenters. The first-order valence-corrected chi connectivity index (χ1v) is 9.61. The molecule has 1 aromatic rings. The van der Waals surface area contributed by atoms with E-state index >= 15 is 0 Å². The highest BCUT2D eigenvalue weighted by Crippen LogP contribution is 2.50. The largest absolute Gasteiger partial charge is 0.325 e. The summed E-state index contributed by atoms with van der Waals surface area (Å²) in [7, 11) is 0. The Labute approximate surface area is 160 Å². The summed E-state index contributed by atoms with van der Waals surface area (Å²) in [6, 6.07) is 4.28. The number of nitrogens with two attached hydrogens (primary N) is 1. The van der Waals surface area contributed by atoms with Gasteiger partial charge in [0.05, 0.1) is 6.54 Å². The predicted octanol–water partition coefficient (Wildman–Crippen LogP) is 3.98. The van der Waals surface area contributed by atoms with E-state index in [0.717, 1.165) is 6.54 Å². The van der Waals surface area contributed by atoms with E-state index in [-0.39, 0.29) is 0 Å². The number of pyridine rings is 1. The molecule has 0 amide bonds. The van der Waals surface area contributed by atoms with Crippen molar-refractivity contribution in [3.8, 4) is 0 Å². The Bertz CT molecular complexity index is 1020. The van der Waals surface area contributed by atoms with Gasteiger partial charge in [-0.3, -0.25) is 0 Å². The fourth-order valence-corrected chi connectivity index (χ4v) is 4.47. The number of rotatable bonds is 4. The van der Waals surface area contributed by atoms with Crippen molar-refractivity contribution in [2.45, 2.75) is 6.54 Å². The molecule has 0 radical (unpaired) electrons. The molecule has 132 valence electrons. The van der Waals surface area contributed by atoms with Crippen LogP contribution >= 0.6 is 0 Å². The molecule has 4 aliphatic carbocycles. The molecule has 0 bridgehead atoms. The van der Waals surface area contributed by atoms with Gasteiger partial charge in [0.2, 0.25) is 0 Å². The monoisotopic (exact) mass is 351 g/mol. The average Bonchev–Trinajstić information content (AvgIpc) is 2.72. The summed E-state index contributed by atoms with van der Waals surface area (Å²) in [5.74, 6) is 0.911. The van der Waals surface area contributed by atoms with Crippen LogP contribution in [0.15, 0.2) is 113 Å². The zero-order chi connectivity index (χ0) is 18.2. The molecule has 2 nitrogen and oxygen atoms in total. The second-order valence-electron chi connectivity index (χ2n) is 7.39. The predicted molar refractivity (Wildman–Crippen MR) is 110 cm³/mol. The topological polar surface area (TPSA) is 29.9 Å². The Morgan fingerprint density at radius 3 is 2.37 bits per heavy atom. The molecule has 5 rings (SSSR count). The number of aromatic nitrogens is 1. The van der Waals surface area contributed by atoms with Gasteiger partial charge in [0.15, 0.2) is 18.9 Å². The standard InChI is InChI=1S/C25H23N2/c26-13-16-27-14-11-18(12-15-27)7-8-21-17-22-5-1-3-19-9-10-20-4-2-6-23(21)25(20)24(19)22/h1-12,14-15,17,24-25H,13,16,26H2/q+1/b8-7+. The molecule has 4 aliphatic rings. The van der Waals surface area contributed by atoms with E-state index in [1.807, 2.05) is 0 Å². The van der Waals surface area contributed by atoms with Gasteiger partial charge in [-0.1, -0.05) is 66.8 Å². The van der Waals surface area contributed by atoms with Crippen molar-refractivity contribution < 1.29 is 4.57 Å². The van der Waals surface area contributed by atoms with Crippen LogP contribution in [0.5, 0.6) is 0 Å². The van der Waals surface area contributed by atoms with Crippen molar-refractivity contribution in [1.82, 2.24) is 0 Å². The maximum absolute atomic E-state index is 5.62. The molecule has 2 N–H and O–H groups in total. The van der Waals surface area contributed by atoms with E-state index in [2.05, 4.69) is 95.9 Å². The summed E-state index contributed by atoms with van der Waals surface area (Å²) in [5.41, 5.74) is 13.8. The minimum atomic E-state index is 0.443. The van der Waals surface area contributed by atoms with Crippen LogP contribution < -0.4 is 10.3 Å². The molecule has 2 atom stereocenters. The SMILES string of the molecule is NCC[n+]1ccc(/C=C/C2=CC3=CC=CC4=CC=C5C=CC=C2C5C43)cc1. The highest BCUT2D eigenvalue weighted by atomic mass is 14.9. The van der Waals surface area contributed by atoms with Gasteiger partial charge in [0.25, 0.3) is 0 Å². The maximum atomic E-state index is 5.62. The Balaban J connectivity index is 1.51. The van der Waals surface area contributed by atoms with Crippen LogP contribution in [-0.4, -0.2) is 6.54 Å². The second-order valence-corrected chi connectivity index (χ2v) is 7.39. The fraction of sp³-hybridized carbons (Fsp3) is 0.160. The van der Waals surface area contributed by atoms with Crippen LogP contribution in [0.25, 0.3) is 6.08 Å². The van der Waals surface area contributed by atoms with Crippen LogP contribution in [0.2, 0.25) is 0 Å². The van der Waals surface area contributed by atoms with Crippen LogP contribution in [0.4, 0.5) is 0 Å². The molecule has 2 heteroatoms. The van der Waals surface area contributed by atoms with Gasteiger partial charge in [0, 0.05) is 24.0 Å². The quantitative estimate of drug-likeness (QED) is 0.817. The third kappa shape index (κ3) is 2.83. The molecule has 0 aliphatic heterocycles. The highest BCUT2D eigenvalue weighted by Gasteiger charge is 2.38. The molecule has 1 heterocycles. The van der Waals surface area contributed by atoms with Gasteiger partial charge >= 0.3 is 0 Å². The number of hydrogen-bond donors (Lipinski definition) is 1. The first kappa shape index (κ1) is 16.2. The lowest BCUT2D eigenvalue weighted by molar-refractivity contribution is -0.694. The van der Waals surface area contributed by atoms with Gasteiger partial charge in [-0.05, 0) is 33.4 Å². The first-order valence-electron chi connectivity index (χ1n) is 9.61. The molecule has 0 fully saturated rings. The molecule has 0 saturated carbocycles. The fourth-order valence-electron chi connectivity index (χ4n) is 4.47. The summed E-state index contributed by atoms with van der Waals surface area (Å²) in [5, 5.41) is 0. The third-order valence-corrected chi connectivity index (χ3v) is 5.77. The van der Waals surface area contributed by atoms with Gasteiger partial charge in [0.1, 0.15) is 0 Å². The Hall–Kier alpha value is -2.97. The summed E-state index contributed by atoms with van der Waals surface area (Å²) in [4.78, 5) is 0. The lowest BCUT2D eigenvalue weighted by atomic mass is 9.62. The van der Waals surface area contributed by atoms with Crippen molar-refractivity contribution in [3.63, 3.8) is 0 Å². The average molecular weight is 351 g/mol. The highest BCUT2D eigenvalue weighted by molar-refractivity contribution is 5.67. The first-order chi connectivity index (χ1) is 13.3. The zero-order valence-electron chi connectivity index (χ0n) is 15.3. The van der Waals surface area contributed by atoms with E-state index in [1.165, 1.54) is 33.4 Å². The Morgan fingerprint density at radius 2 is 1.59 bits per heavy atom. The molecular weight excluding hydrogens is 328 g/mol. The minimum Gasteiger partial charge on any atom is -0.325 e. The molecule has 0 aromatic carbocycles. The molecule has 1 aromatic heterocycles. The lowest BCUT2D eigenvalue weighted by Gasteiger charge is -2.41. The number of nitrogens with zero attached hydrogens (tertiary/aromatic N) is 1.